The normalized spacial score (nSPS) is 11.6. The van der Waals surface area contributed by atoms with Crippen LogP contribution >= 0.6 is 15.9 Å². The molecule has 8 heteroatoms. The average Bonchev–Trinajstić information content (AvgIpc) is 2.65. The Bertz CT molecular complexity index is 638. The highest BCUT2D eigenvalue weighted by Crippen LogP contribution is 2.14. The van der Waals surface area contributed by atoms with E-state index in [9.17, 15) is 8.42 Å². The van der Waals surface area contributed by atoms with Gasteiger partial charge in [0, 0.05) is 10.9 Å². The van der Waals surface area contributed by atoms with E-state index in [1.807, 2.05) is 24.3 Å². The van der Waals surface area contributed by atoms with E-state index in [2.05, 4.69) is 31.1 Å². The molecule has 0 spiro atoms. The summed E-state index contributed by atoms with van der Waals surface area (Å²) in [7, 11) is -3.85. The van der Waals surface area contributed by atoms with Crippen molar-refractivity contribution in [2.45, 2.75) is 11.6 Å². The molecule has 0 amide bonds. The van der Waals surface area contributed by atoms with Crippen LogP contribution in [0.15, 0.2) is 33.9 Å². The van der Waals surface area contributed by atoms with Crippen LogP contribution in [-0.2, 0) is 16.4 Å². The fraction of sp³-hybridized carbons (Fsp3) is 0.111. The van der Waals surface area contributed by atoms with Crippen molar-refractivity contribution in [2.24, 2.45) is 5.14 Å². The average molecular weight is 317 g/mol. The molecule has 3 N–H and O–H groups in total. The number of hydrogen-bond donors (Lipinski definition) is 2. The first kappa shape index (κ1) is 12.2. The summed E-state index contributed by atoms with van der Waals surface area (Å²) in [6, 6.07) is 7.61. The van der Waals surface area contributed by atoms with E-state index in [1.165, 1.54) is 0 Å². The summed E-state index contributed by atoms with van der Waals surface area (Å²) in [6.45, 7) is 0. The predicted molar refractivity (Wildman–Crippen MR) is 64.7 cm³/mol. The molecule has 0 aliphatic rings. The highest BCUT2D eigenvalue weighted by Gasteiger charge is 2.14. The van der Waals surface area contributed by atoms with Gasteiger partial charge in [-0.15, -0.1) is 5.10 Å². The van der Waals surface area contributed by atoms with E-state index in [4.69, 9.17) is 5.14 Å². The molecule has 1 aromatic carbocycles. The van der Waals surface area contributed by atoms with E-state index in [0.717, 1.165) is 10.0 Å². The van der Waals surface area contributed by atoms with Crippen LogP contribution in [0.25, 0.3) is 0 Å². The lowest BCUT2D eigenvalue weighted by atomic mass is 10.1. The fourth-order valence-electron chi connectivity index (χ4n) is 1.32. The van der Waals surface area contributed by atoms with Crippen molar-refractivity contribution in [1.29, 1.82) is 0 Å². The molecule has 0 fully saturated rings. The molecule has 0 radical (unpaired) electrons. The van der Waals surface area contributed by atoms with Crippen LogP contribution in [0.1, 0.15) is 11.4 Å². The van der Waals surface area contributed by atoms with Crippen molar-refractivity contribution >= 4 is 26.0 Å². The fourth-order valence-corrected chi connectivity index (χ4v) is 2.18. The van der Waals surface area contributed by atoms with Gasteiger partial charge in [-0.3, -0.25) is 5.10 Å². The maximum Gasteiger partial charge on any atom is 0.282 e. The van der Waals surface area contributed by atoms with Gasteiger partial charge in [0.1, 0.15) is 5.82 Å². The van der Waals surface area contributed by atoms with Gasteiger partial charge >= 0.3 is 0 Å². The number of rotatable bonds is 3. The number of H-pyrrole nitrogens is 1. The lowest BCUT2D eigenvalue weighted by Crippen LogP contribution is -2.13. The van der Waals surface area contributed by atoms with Gasteiger partial charge in [-0.25, -0.2) is 18.5 Å². The summed E-state index contributed by atoms with van der Waals surface area (Å²) in [5, 5.41) is 10.6. The predicted octanol–water partition coefficient (Wildman–Crippen LogP) is 0.805. The minimum Gasteiger partial charge on any atom is -0.262 e. The highest BCUT2D eigenvalue weighted by molar-refractivity contribution is 9.10. The SMILES string of the molecule is NS(=O)(=O)c1n[nH]c(Cc2cccc(Br)c2)n1. The molecule has 1 heterocycles. The van der Waals surface area contributed by atoms with Crippen molar-refractivity contribution in [3.63, 3.8) is 0 Å². The second-order valence-electron chi connectivity index (χ2n) is 3.42. The van der Waals surface area contributed by atoms with Crippen molar-refractivity contribution in [2.75, 3.05) is 0 Å². The van der Waals surface area contributed by atoms with Crippen LogP contribution in [0.2, 0.25) is 0 Å². The molecule has 0 saturated heterocycles. The molecule has 0 atom stereocenters. The molecule has 0 aliphatic carbocycles. The summed E-state index contributed by atoms with van der Waals surface area (Å²) < 4.78 is 22.9. The molecule has 0 saturated carbocycles. The maximum atomic E-state index is 11.0. The smallest absolute Gasteiger partial charge is 0.262 e. The third-order valence-corrected chi connectivity index (χ3v) is 3.21. The Labute approximate surface area is 106 Å². The molecular weight excluding hydrogens is 308 g/mol. The van der Waals surface area contributed by atoms with Gasteiger partial charge in [0.05, 0.1) is 0 Å². The zero-order valence-electron chi connectivity index (χ0n) is 8.59. The van der Waals surface area contributed by atoms with Crippen molar-refractivity contribution in [1.82, 2.24) is 15.2 Å². The molecule has 0 bridgehead atoms. The number of aromatic amines is 1. The van der Waals surface area contributed by atoms with Crippen molar-refractivity contribution in [3.8, 4) is 0 Å². The van der Waals surface area contributed by atoms with Crippen molar-refractivity contribution in [3.05, 3.63) is 40.1 Å². The zero-order chi connectivity index (χ0) is 12.5. The third kappa shape index (κ3) is 3.11. The second kappa shape index (κ2) is 4.55. The quantitative estimate of drug-likeness (QED) is 0.874. The summed E-state index contributed by atoms with van der Waals surface area (Å²) in [4.78, 5) is 3.81. The number of primary sulfonamides is 1. The van der Waals surface area contributed by atoms with Crippen molar-refractivity contribution < 1.29 is 8.42 Å². The van der Waals surface area contributed by atoms with Crippen LogP contribution in [0, 0.1) is 0 Å². The largest absolute Gasteiger partial charge is 0.282 e. The van der Waals surface area contributed by atoms with E-state index >= 15 is 0 Å². The lowest BCUT2D eigenvalue weighted by Gasteiger charge is -1.97. The molecule has 1 aromatic heterocycles. The van der Waals surface area contributed by atoms with Gasteiger partial charge in [-0.1, -0.05) is 28.1 Å². The van der Waals surface area contributed by atoms with E-state index in [1.54, 1.807) is 0 Å². The number of halogens is 1. The van der Waals surface area contributed by atoms with Gasteiger partial charge < -0.3 is 0 Å². The zero-order valence-corrected chi connectivity index (χ0v) is 11.0. The van der Waals surface area contributed by atoms with Crippen LogP contribution in [0.5, 0.6) is 0 Å². The molecule has 17 heavy (non-hydrogen) atoms. The third-order valence-electron chi connectivity index (χ3n) is 2.03. The number of hydrogen-bond acceptors (Lipinski definition) is 4. The Balaban J connectivity index is 2.23. The molecule has 90 valence electrons. The molecule has 2 rings (SSSR count). The first-order chi connectivity index (χ1) is 7.95. The Morgan fingerprint density at radius 3 is 2.76 bits per heavy atom. The highest BCUT2D eigenvalue weighted by atomic mass is 79.9. The van der Waals surface area contributed by atoms with Crippen LogP contribution in [0.4, 0.5) is 0 Å². The Kier molecular flexibility index (Phi) is 3.27. The van der Waals surface area contributed by atoms with Gasteiger partial charge in [-0.05, 0) is 17.7 Å². The second-order valence-corrected chi connectivity index (χ2v) is 5.79. The molecule has 2 aromatic rings. The van der Waals surface area contributed by atoms with Gasteiger partial charge in [0.25, 0.3) is 15.2 Å². The lowest BCUT2D eigenvalue weighted by molar-refractivity contribution is 0.589. The standard InChI is InChI=1S/C9H9BrN4O2S/c10-7-3-1-2-6(4-7)5-8-12-9(14-13-8)17(11,15)16/h1-4H,5H2,(H2,11,15,16)(H,12,13,14). The minimum absolute atomic E-state index is 0.387. The van der Waals surface area contributed by atoms with Gasteiger partial charge in [0.15, 0.2) is 0 Å². The minimum atomic E-state index is -3.85. The Morgan fingerprint density at radius 2 is 2.18 bits per heavy atom. The summed E-state index contributed by atoms with van der Waals surface area (Å²) in [5.74, 6) is 0.451. The Morgan fingerprint density at radius 1 is 1.41 bits per heavy atom. The van der Waals surface area contributed by atoms with Gasteiger partial charge in [0.2, 0.25) is 0 Å². The summed E-state index contributed by atoms with van der Waals surface area (Å²) in [5.41, 5.74) is 0.983. The summed E-state index contributed by atoms with van der Waals surface area (Å²) >= 11 is 3.35. The van der Waals surface area contributed by atoms with E-state index < -0.39 is 10.0 Å². The van der Waals surface area contributed by atoms with Crippen LogP contribution in [-0.4, -0.2) is 23.6 Å². The molecule has 0 aliphatic heterocycles. The number of nitrogens with zero attached hydrogens (tertiary/aromatic N) is 2. The first-order valence-electron chi connectivity index (χ1n) is 4.64. The number of aromatic nitrogens is 3. The number of nitrogens with one attached hydrogen (secondary N) is 1. The number of nitrogens with two attached hydrogens (primary N) is 1. The topological polar surface area (TPSA) is 102 Å². The van der Waals surface area contributed by atoms with E-state index in [-0.39, 0.29) is 5.16 Å². The monoisotopic (exact) mass is 316 g/mol. The maximum absolute atomic E-state index is 11.0. The van der Waals surface area contributed by atoms with Crippen LogP contribution in [0.3, 0.4) is 0 Å². The molecule has 0 unspecified atom stereocenters. The molecule has 6 nitrogen and oxygen atoms in total. The Hall–Kier alpha value is -1.25. The van der Waals surface area contributed by atoms with E-state index in [0.29, 0.717) is 12.2 Å². The number of benzene rings is 1. The number of sulfonamides is 1. The summed E-state index contributed by atoms with van der Waals surface area (Å²) in [6.07, 6.45) is 0.460. The van der Waals surface area contributed by atoms with Crippen LogP contribution < -0.4 is 5.14 Å². The first-order valence-corrected chi connectivity index (χ1v) is 6.97. The molecular formula is C9H9BrN4O2S. The van der Waals surface area contributed by atoms with Gasteiger partial charge in [-0.2, -0.15) is 0 Å².